The van der Waals surface area contributed by atoms with Gasteiger partial charge in [-0.05, 0) is 38.4 Å². The van der Waals surface area contributed by atoms with Gasteiger partial charge in [0.1, 0.15) is 17.5 Å². The molecule has 2 rings (SSSR count). The smallest absolute Gasteiger partial charge is 0.132 e. The van der Waals surface area contributed by atoms with Crippen LogP contribution in [0.5, 0.6) is 0 Å². The number of anilines is 2. The number of aromatic nitrogens is 2. The van der Waals surface area contributed by atoms with E-state index >= 15 is 0 Å². The summed E-state index contributed by atoms with van der Waals surface area (Å²) in [7, 11) is 0. The zero-order valence-corrected chi connectivity index (χ0v) is 12.0. The van der Waals surface area contributed by atoms with Crippen molar-refractivity contribution in [3.05, 3.63) is 11.9 Å². The van der Waals surface area contributed by atoms with Crippen molar-refractivity contribution in [3.8, 4) is 0 Å². The van der Waals surface area contributed by atoms with Crippen LogP contribution in [0, 0.1) is 5.92 Å². The molecule has 2 heterocycles. The molecule has 0 atom stereocenters. The van der Waals surface area contributed by atoms with E-state index < -0.39 is 0 Å². The number of nitrogens with two attached hydrogens (primary N) is 1. The lowest BCUT2D eigenvalue weighted by Gasteiger charge is -2.31. The number of hydrogen-bond donors (Lipinski definition) is 2. The third kappa shape index (κ3) is 4.06. The zero-order valence-electron chi connectivity index (χ0n) is 12.0. The van der Waals surface area contributed by atoms with Gasteiger partial charge in [-0.1, -0.05) is 13.8 Å². The molecule has 1 aromatic heterocycles. The van der Waals surface area contributed by atoms with E-state index in [1.165, 1.54) is 32.5 Å². The molecule has 0 unspecified atom stereocenters. The molecule has 1 aliphatic heterocycles. The molecule has 0 amide bonds. The summed E-state index contributed by atoms with van der Waals surface area (Å²) >= 11 is 0. The Morgan fingerprint density at radius 2 is 2.05 bits per heavy atom. The van der Waals surface area contributed by atoms with Gasteiger partial charge in [0.25, 0.3) is 0 Å². The maximum absolute atomic E-state index is 5.78. The normalized spacial score (nSPS) is 17.6. The van der Waals surface area contributed by atoms with Crippen LogP contribution in [0.4, 0.5) is 11.6 Å². The van der Waals surface area contributed by atoms with E-state index in [1.807, 2.05) is 13.0 Å². The van der Waals surface area contributed by atoms with E-state index in [4.69, 9.17) is 5.73 Å². The van der Waals surface area contributed by atoms with Crippen molar-refractivity contribution in [2.24, 2.45) is 5.92 Å². The van der Waals surface area contributed by atoms with Crippen LogP contribution < -0.4 is 11.1 Å². The van der Waals surface area contributed by atoms with Crippen LogP contribution in [0.15, 0.2) is 6.07 Å². The van der Waals surface area contributed by atoms with E-state index in [9.17, 15) is 0 Å². The Kier molecular flexibility index (Phi) is 4.96. The summed E-state index contributed by atoms with van der Waals surface area (Å²) in [4.78, 5) is 11.2. The van der Waals surface area contributed by atoms with Crippen LogP contribution >= 0.6 is 0 Å². The Morgan fingerprint density at radius 1 is 1.32 bits per heavy atom. The van der Waals surface area contributed by atoms with Crippen molar-refractivity contribution < 1.29 is 0 Å². The molecule has 0 saturated carbocycles. The lowest BCUT2D eigenvalue weighted by Crippen LogP contribution is -2.35. The fourth-order valence-corrected chi connectivity index (χ4v) is 2.52. The van der Waals surface area contributed by atoms with Gasteiger partial charge >= 0.3 is 0 Å². The van der Waals surface area contributed by atoms with Crippen molar-refractivity contribution in [1.82, 2.24) is 14.9 Å². The third-order valence-electron chi connectivity index (χ3n) is 3.83. The van der Waals surface area contributed by atoms with Gasteiger partial charge in [0, 0.05) is 19.0 Å². The molecule has 0 spiro atoms. The first-order valence-corrected chi connectivity index (χ1v) is 7.31. The highest BCUT2D eigenvalue weighted by molar-refractivity contribution is 5.44. The second-order valence-corrected chi connectivity index (χ2v) is 5.21. The van der Waals surface area contributed by atoms with Crippen LogP contribution in [-0.2, 0) is 6.42 Å². The van der Waals surface area contributed by atoms with E-state index in [-0.39, 0.29) is 0 Å². The Bertz CT molecular complexity index is 399. The highest BCUT2D eigenvalue weighted by Gasteiger charge is 2.17. The number of nitrogen functional groups attached to an aromatic ring is 1. The number of piperidine rings is 1. The predicted molar refractivity (Wildman–Crippen MR) is 79.2 cm³/mol. The van der Waals surface area contributed by atoms with Gasteiger partial charge in [-0.25, -0.2) is 9.97 Å². The predicted octanol–water partition coefficient (Wildman–Crippen LogP) is 1.76. The summed E-state index contributed by atoms with van der Waals surface area (Å²) in [5, 5.41) is 3.41. The highest BCUT2D eigenvalue weighted by atomic mass is 15.1. The van der Waals surface area contributed by atoms with Crippen molar-refractivity contribution in [2.45, 2.75) is 33.1 Å². The topological polar surface area (TPSA) is 67.1 Å². The molecule has 19 heavy (non-hydrogen) atoms. The van der Waals surface area contributed by atoms with Gasteiger partial charge in [-0.3, -0.25) is 0 Å². The van der Waals surface area contributed by atoms with Crippen LogP contribution in [0.3, 0.4) is 0 Å². The molecule has 5 nitrogen and oxygen atoms in total. The third-order valence-corrected chi connectivity index (χ3v) is 3.83. The minimum Gasteiger partial charge on any atom is -0.384 e. The van der Waals surface area contributed by atoms with Crippen molar-refractivity contribution >= 4 is 11.6 Å². The van der Waals surface area contributed by atoms with Gasteiger partial charge < -0.3 is 16.0 Å². The Labute approximate surface area is 115 Å². The fraction of sp³-hybridized carbons (Fsp3) is 0.714. The molecule has 0 radical (unpaired) electrons. The first-order chi connectivity index (χ1) is 9.21. The fourth-order valence-electron chi connectivity index (χ4n) is 2.52. The molecule has 3 N–H and O–H groups in total. The molecule has 0 bridgehead atoms. The van der Waals surface area contributed by atoms with Crippen LogP contribution in [0.1, 0.15) is 32.5 Å². The summed E-state index contributed by atoms with van der Waals surface area (Å²) in [5.74, 6) is 2.96. The van der Waals surface area contributed by atoms with E-state index in [0.29, 0.717) is 5.82 Å². The summed E-state index contributed by atoms with van der Waals surface area (Å²) in [5.41, 5.74) is 5.78. The molecule has 5 heteroatoms. The molecule has 1 aliphatic rings. The molecule has 0 aromatic carbocycles. The van der Waals surface area contributed by atoms with E-state index in [1.54, 1.807) is 0 Å². The Balaban J connectivity index is 1.84. The van der Waals surface area contributed by atoms with Gasteiger partial charge in [0.15, 0.2) is 0 Å². The molecule has 1 aromatic rings. The second-order valence-electron chi connectivity index (χ2n) is 5.21. The lowest BCUT2D eigenvalue weighted by atomic mass is 9.97. The number of likely N-dealkylation sites (tertiary alicyclic amines) is 1. The first-order valence-electron chi connectivity index (χ1n) is 7.31. The van der Waals surface area contributed by atoms with Gasteiger partial charge in [-0.15, -0.1) is 0 Å². The van der Waals surface area contributed by atoms with Crippen LogP contribution in [0.2, 0.25) is 0 Å². The number of rotatable bonds is 5. The van der Waals surface area contributed by atoms with Gasteiger partial charge in [0.05, 0.1) is 0 Å². The Hall–Kier alpha value is -1.36. The average Bonchev–Trinajstić information content (AvgIpc) is 2.45. The first kappa shape index (κ1) is 14.1. The SMILES string of the molecule is CCc1nc(N)cc(NCC2CCN(CC)CC2)n1. The van der Waals surface area contributed by atoms with Crippen LogP contribution in [-0.4, -0.2) is 41.0 Å². The monoisotopic (exact) mass is 263 g/mol. The summed E-state index contributed by atoms with van der Waals surface area (Å²) in [6.07, 6.45) is 3.35. The van der Waals surface area contributed by atoms with E-state index in [0.717, 1.165) is 30.5 Å². The van der Waals surface area contributed by atoms with Crippen molar-refractivity contribution in [1.29, 1.82) is 0 Å². The minimum absolute atomic E-state index is 0.551. The largest absolute Gasteiger partial charge is 0.384 e. The maximum atomic E-state index is 5.78. The standard InChI is InChI=1S/C14H25N5/c1-3-13-17-12(15)9-14(18-13)16-10-11-5-7-19(4-2)8-6-11/h9,11H,3-8,10H2,1-2H3,(H3,15,16,17,18). The summed E-state index contributed by atoms with van der Waals surface area (Å²) in [6, 6.07) is 1.82. The molecule has 1 fully saturated rings. The number of nitrogens with one attached hydrogen (secondary N) is 1. The van der Waals surface area contributed by atoms with Gasteiger partial charge in [0.2, 0.25) is 0 Å². The molecule has 106 valence electrons. The van der Waals surface area contributed by atoms with Gasteiger partial charge in [-0.2, -0.15) is 0 Å². The average molecular weight is 263 g/mol. The van der Waals surface area contributed by atoms with E-state index in [2.05, 4.69) is 27.1 Å². The lowest BCUT2D eigenvalue weighted by molar-refractivity contribution is 0.198. The zero-order chi connectivity index (χ0) is 13.7. The molecular weight excluding hydrogens is 238 g/mol. The number of hydrogen-bond acceptors (Lipinski definition) is 5. The molecule has 1 saturated heterocycles. The molecule has 0 aliphatic carbocycles. The molecular formula is C14H25N5. The highest BCUT2D eigenvalue weighted by Crippen LogP contribution is 2.18. The van der Waals surface area contributed by atoms with Crippen molar-refractivity contribution in [3.63, 3.8) is 0 Å². The quantitative estimate of drug-likeness (QED) is 0.847. The minimum atomic E-state index is 0.551. The summed E-state index contributed by atoms with van der Waals surface area (Å²) < 4.78 is 0. The number of aryl methyl sites for hydroxylation is 1. The second kappa shape index (κ2) is 6.70. The maximum Gasteiger partial charge on any atom is 0.132 e. The summed E-state index contributed by atoms with van der Waals surface area (Å²) in [6.45, 7) is 8.86. The van der Waals surface area contributed by atoms with Crippen LogP contribution in [0.25, 0.3) is 0 Å². The van der Waals surface area contributed by atoms with Crippen molar-refractivity contribution in [2.75, 3.05) is 37.2 Å². The number of nitrogens with zero attached hydrogens (tertiary/aromatic N) is 3. The Morgan fingerprint density at radius 3 is 2.68 bits per heavy atom.